The Morgan fingerprint density at radius 1 is 0.967 bits per heavy atom. The number of pyridine rings is 1. The Labute approximate surface area is 172 Å². The smallest absolute Gasteiger partial charge is 0.263 e. The van der Waals surface area contributed by atoms with Gasteiger partial charge in [-0.25, -0.2) is 14.6 Å². The Balaban J connectivity index is 1.79. The van der Waals surface area contributed by atoms with E-state index in [9.17, 15) is 4.79 Å². The van der Waals surface area contributed by atoms with E-state index in [0.29, 0.717) is 18.0 Å². The van der Waals surface area contributed by atoms with Gasteiger partial charge in [-0.3, -0.25) is 9.36 Å². The van der Waals surface area contributed by atoms with Crippen LogP contribution < -0.4 is 11.3 Å². The number of fused-ring (bicyclic) bond motifs is 2. The van der Waals surface area contributed by atoms with Crippen LogP contribution in [-0.4, -0.2) is 24.3 Å². The summed E-state index contributed by atoms with van der Waals surface area (Å²) in [6.07, 6.45) is 1.43. The fourth-order valence-electron chi connectivity index (χ4n) is 4.04. The quantitative estimate of drug-likeness (QED) is 0.505. The summed E-state index contributed by atoms with van der Waals surface area (Å²) in [5.74, 6) is 0.401. The van der Waals surface area contributed by atoms with Crippen molar-refractivity contribution in [2.45, 2.75) is 20.4 Å². The number of anilines is 1. The number of rotatable bonds is 3. The zero-order valence-corrected chi connectivity index (χ0v) is 16.7. The first-order valence-electron chi connectivity index (χ1n) is 9.68. The summed E-state index contributed by atoms with van der Waals surface area (Å²) < 4.78 is 3.53. The van der Waals surface area contributed by atoms with Crippen LogP contribution in [0.25, 0.3) is 27.5 Å². The summed E-state index contributed by atoms with van der Waals surface area (Å²) in [5.41, 5.74) is 9.97. The highest BCUT2D eigenvalue weighted by Crippen LogP contribution is 2.23. The third-order valence-electron chi connectivity index (χ3n) is 5.39. The van der Waals surface area contributed by atoms with Crippen LogP contribution in [0.3, 0.4) is 0 Å². The largest absolute Gasteiger partial charge is 0.383 e. The van der Waals surface area contributed by atoms with Gasteiger partial charge in [-0.2, -0.15) is 5.10 Å². The molecule has 30 heavy (non-hydrogen) atoms. The van der Waals surface area contributed by atoms with Crippen LogP contribution >= 0.6 is 0 Å². The molecular formula is C23H20N6O. The van der Waals surface area contributed by atoms with Gasteiger partial charge < -0.3 is 5.73 Å². The lowest BCUT2D eigenvalue weighted by molar-refractivity contribution is 0.664. The zero-order valence-electron chi connectivity index (χ0n) is 16.7. The first kappa shape index (κ1) is 18.1. The van der Waals surface area contributed by atoms with Crippen molar-refractivity contribution in [1.82, 2.24) is 24.3 Å². The highest BCUT2D eigenvalue weighted by atomic mass is 16.1. The van der Waals surface area contributed by atoms with Gasteiger partial charge in [0.2, 0.25) is 0 Å². The number of hydrogen-bond acceptors (Lipinski definition) is 5. The van der Waals surface area contributed by atoms with Crippen molar-refractivity contribution in [3.8, 4) is 5.69 Å². The summed E-state index contributed by atoms with van der Waals surface area (Å²) in [4.78, 5) is 22.0. The van der Waals surface area contributed by atoms with Gasteiger partial charge >= 0.3 is 0 Å². The zero-order chi connectivity index (χ0) is 20.8. The predicted molar refractivity (Wildman–Crippen MR) is 118 cm³/mol. The highest BCUT2D eigenvalue weighted by Gasteiger charge is 2.17. The average molecular weight is 396 g/mol. The minimum atomic E-state index is -0.0471. The number of hydrogen-bond donors (Lipinski definition) is 1. The highest BCUT2D eigenvalue weighted by molar-refractivity contribution is 5.88. The van der Waals surface area contributed by atoms with E-state index in [1.165, 1.54) is 6.33 Å². The Kier molecular flexibility index (Phi) is 4.10. The van der Waals surface area contributed by atoms with E-state index < -0.39 is 0 Å². The van der Waals surface area contributed by atoms with Crippen molar-refractivity contribution in [2.75, 3.05) is 5.73 Å². The summed E-state index contributed by atoms with van der Waals surface area (Å²) in [6, 6.07) is 17.6. The van der Waals surface area contributed by atoms with Gasteiger partial charge in [-0.1, -0.05) is 36.4 Å². The standard InChI is InChI=1S/C23H20N6O/c1-14-7-6-8-16-11-18(29(23(30)19(14)16)17-9-4-3-5-10-17)12-28-22-20(15(2)27-28)21(24)25-13-26-22/h3-11,13H,12H2,1-2H3,(H2,24,25,26). The molecule has 7 heteroatoms. The van der Waals surface area contributed by atoms with Crippen LogP contribution in [-0.2, 0) is 6.54 Å². The molecule has 0 spiro atoms. The van der Waals surface area contributed by atoms with Gasteiger partial charge in [0, 0.05) is 11.4 Å². The molecule has 0 atom stereocenters. The Hall–Kier alpha value is -4.00. The molecule has 3 aromatic heterocycles. The maximum Gasteiger partial charge on any atom is 0.263 e. The maximum absolute atomic E-state index is 13.6. The Morgan fingerprint density at radius 3 is 2.57 bits per heavy atom. The second kappa shape index (κ2) is 6.81. The van der Waals surface area contributed by atoms with E-state index in [4.69, 9.17) is 5.73 Å². The Morgan fingerprint density at radius 2 is 1.77 bits per heavy atom. The monoisotopic (exact) mass is 396 g/mol. The minimum Gasteiger partial charge on any atom is -0.383 e. The van der Waals surface area contributed by atoms with Gasteiger partial charge in [0.1, 0.15) is 12.1 Å². The van der Waals surface area contributed by atoms with E-state index in [-0.39, 0.29) is 5.56 Å². The molecule has 0 unspecified atom stereocenters. The van der Waals surface area contributed by atoms with Gasteiger partial charge in [0.25, 0.3) is 5.56 Å². The van der Waals surface area contributed by atoms with Crippen LogP contribution in [0.1, 0.15) is 17.0 Å². The third-order valence-corrected chi connectivity index (χ3v) is 5.39. The van der Waals surface area contributed by atoms with Crippen molar-refractivity contribution in [2.24, 2.45) is 0 Å². The number of nitrogens with zero attached hydrogens (tertiary/aromatic N) is 5. The predicted octanol–water partition coefficient (Wildman–Crippen LogP) is 3.38. The normalized spacial score (nSPS) is 11.4. The number of nitrogen functional groups attached to an aromatic ring is 1. The van der Waals surface area contributed by atoms with Gasteiger partial charge in [0.05, 0.1) is 23.0 Å². The van der Waals surface area contributed by atoms with Gasteiger partial charge in [-0.05, 0) is 43.0 Å². The molecule has 0 aliphatic carbocycles. The molecule has 5 rings (SSSR count). The van der Waals surface area contributed by atoms with Crippen LogP contribution in [0.2, 0.25) is 0 Å². The van der Waals surface area contributed by atoms with Crippen LogP contribution in [0.5, 0.6) is 0 Å². The fourth-order valence-corrected chi connectivity index (χ4v) is 4.04. The van der Waals surface area contributed by atoms with Crippen LogP contribution in [0, 0.1) is 13.8 Å². The molecule has 0 saturated carbocycles. The topological polar surface area (TPSA) is 91.6 Å². The SMILES string of the molecule is Cc1nn(Cc2cc3cccc(C)c3c(=O)n2-c2ccccc2)c2ncnc(N)c12. The third kappa shape index (κ3) is 2.75. The second-order valence-corrected chi connectivity index (χ2v) is 7.35. The van der Waals surface area contributed by atoms with Crippen molar-refractivity contribution in [1.29, 1.82) is 0 Å². The molecule has 7 nitrogen and oxygen atoms in total. The molecule has 0 aliphatic heterocycles. The number of para-hydroxylation sites is 1. The molecule has 3 heterocycles. The second-order valence-electron chi connectivity index (χ2n) is 7.35. The molecule has 0 aliphatic rings. The summed E-state index contributed by atoms with van der Waals surface area (Å²) in [5, 5.41) is 6.99. The molecule has 2 N–H and O–H groups in total. The number of aryl methyl sites for hydroxylation is 2. The summed E-state index contributed by atoms with van der Waals surface area (Å²) >= 11 is 0. The van der Waals surface area contributed by atoms with E-state index in [1.54, 1.807) is 9.25 Å². The van der Waals surface area contributed by atoms with Crippen molar-refractivity contribution < 1.29 is 0 Å². The number of aromatic nitrogens is 5. The molecule has 2 aromatic carbocycles. The van der Waals surface area contributed by atoms with Crippen molar-refractivity contribution in [3.63, 3.8) is 0 Å². The minimum absolute atomic E-state index is 0.0471. The fraction of sp³-hybridized carbons (Fsp3) is 0.130. The lowest BCUT2D eigenvalue weighted by Crippen LogP contribution is -2.24. The molecular weight excluding hydrogens is 376 g/mol. The summed E-state index contributed by atoms with van der Waals surface area (Å²) in [6.45, 7) is 4.21. The Bertz CT molecular complexity index is 1470. The molecule has 0 amide bonds. The lowest BCUT2D eigenvalue weighted by Gasteiger charge is -2.16. The van der Waals surface area contributed by atoms with Crippen LogP contribution in [0.15, 0.2) is 65.7 Å². The van der Waals surface area contributed by atoms with E-state index in [0.717, 1.165) is 38.8 Å². The first-order valence-corrected chi connectivity index (χ1v) is 9.68. The molecule has 0 fully saturated rings. The maximum atomic E-state index is 13.6. The van der Waals surface area contributed by atoms with Crippen molar-refractivity contribution in [3.05, 3.63) is 88.2 Å². The number of benzene rings is 2. The molecule has 0 radical (unpaired) electrons. The number of nitrogens with two attached hydrogens (primary N) is 1. The average Bonchev–Trinajstić information content (AvgIpc) is 3.05. The first-order chi connectivity index (χ1) is 14.5. The molecule has 0 saturated heterocycles. The van der Waals surface area contributed by atoms with E-state index >= 15 is 0 Å². The molecule has 0 bridgehead atoms. The molecule has 5 aromatic rings. The molecule has 148 valence electrons. The van der Waals surface area contributed by atoms with Gasteiger partial charge in [-0.15, -0.1) is 0 Å². The lowest BCUT2D eigenvalue weighted by atomic mass is 10.1. The van der Waals surface area contributed by atoms with E-state index in [2.05, 4.69) is 15.1 Å². The van der Waals surface area contributed by atoms with Crippen LogP contribution in [0.4, 0.5) is 5.82 Å². The van der Waals surface area contributed by atoms with E-state index in [1.807, 2.05) is 68.4 Å². The summed E-state index contributed by atoms with van der Waals surface area (Å²) in [7, 11) is 0. The van der Waals surface area contributed by atoms with Gasteiger partial charge in [0.15, 0.2) is 5.65 Å². The van der Waals surface area contributed by atoms with Crippen molar-refractivity contribution >= 4 is 27.6 Å².